The Balaban J connectivity index is 1.54. The largest absolute Gasteiger partial charge is 0.494 e. The minimum Gasteiger partial charge on any atom is -0.434 e. The van der Waals surface area contributed by atoms with Crippen molar-refractivity contribution < 1.29 is 27.6 Å². The molecule has 1 saturated heterocycles. The van der Waals surface area contributed by atoms with Gasteiger partial charge in [-0.3, -0.25) is 9.48 Å². The molecule has 0 bridgehead atoms. The van der Waals surface area contributed by atoms with E-state index >= 15 is 0 Å². The molecule has 1 aromatic carbocycles. The van der Waals surface area contributed by atoms with E-state index in [1.807, 2.05) is 27.7 Å². The number of aryl methyl sites for hydroxylation is 1. The van der Waals surface area contributed by atoms with E-state index in [1.54, 1.807) is 43.8 Å². The summed E-state index contributed by atoms with van der Waals surface area (Å²) in [7, 11) is 0.915. The second-order valence-corrected chi connectivity index (χ2v) is 9.69. The quantitative estimate of drug-likeness (QED) is 0.397. The van der Waals surface area contributed by atoms with Crippen LogP contribution in [0.15, 0.2) is 49.1 Å². The zero-order chi connectivity index (χ0) is 26.5. The van der Waals surface area contributed by atoms with Crippen LogP contribution in [0, 0.1) is 0 Å². The van der Waals surface area contributed by atoms with Crippen LogP contribution in [0.2, 0.25) is 0 Å². The average Bonchev–Trinajstić information content (AvgIpc) is 3.47. The fourth-order valence-electron chi connectivity index (χ4n) is 4.01. The summed E-state index contributed by atoms with van der Waals surface area (Å²) in [5, 5.41) is 11.4. The number of hydrogen-bond donors (Lipinski definition) is 1. The molecule has 0 unspecified atom stereocenters. The first-order chi connectivity index (χ1) is 17.4. The maximum Gasteiger partial charge on any atom is 0.494 e. The highest BCUT2D eigenvalue weighted by Gasteiger charge is 2.51. The van der Waals surface area contributed by atoms with Gasteiger partial charge in [0.1, 0.15) is 17.0 Å². The zero-order valence-corrected chi connectivity index (χ0v) is 20.9. The van der Waals surface area contributed by atoms with Crippen LogP contribution < -0.4 is 15.5 Å². The second kappa shape index (κ2) is 8.92. The summed E-state index contributed by atoms with van der Waals surface area (Å²) in [6, 6.07) is 6.33. The van der Waals surface area contributed by atoms with Crippen molar-refractivity contribution in [2.45, 2.75) is 45.5 Å². The number of rotatable bonds is 6. The van der Waals surface area contributed by atoms with Crippen LogP contribution in [-0.4, -0.2) is 55.2 Å². The number of ether oxygens (including phenoxy) is 1. The van der Waals surface area contributed by atoms with Crippen LogP contribution in [0.4, 0.5) is 14.5 Å². The molecule has 1 fully saturated rings. The van der Waals surface area contributed by atoms with Gasteiger partial charge in [0.25, 0.3) is 5.91 Å². The van der Waals surface area contributed by atoms with Crippen molar-refractivity contribution in [3.8, 4) is 17.0 Å². The first-order valence-corrected chi connectivity index (χ1v) is 11.5. The summed E-state index contributed by atoms with van der Waals surface area (Å²) < 4.78 is 46.6. The van der Waals surface area contributed by atoms with E-state index in [-0.39, 0.29) is 28.3 Å². The van der Waals surface area contributed by atoms with Crippen molar-refractivity contribution in [2.24, 2.45) is 7.05 Å². The van der Waals surface area contributed by atoms with Gasteiger partial charge in [-0.1, -0.05) is 6.07 Å². The monoisotopic (exact) mass is 510 g/mol. The highest BCUT2D eigenvalue weighted by atomic mass is 19.3. The van der Waals surface area contributed by atoms with Gasteiger partial charge < -0.3 is 19.4 Å². The fourth-order valence-corrected chi connectivity index (χ4v) is 4.01. The summed E-state index contributed by atoms with van der Waals surface area (Å²) in [5.74, 6) is -0.594. The van der Waals surface area contributed by atoms with Gasteiger partial charge in [0.05, 0.1) is 23.1 Å². The van der Waals surface area contributed by atoms with Crippen molar-refractivity contribution in [3.05, 3.63) is 54.6 Å². The van der Waals surface area contributed by atoms with Crippen molar-refractivity contribution in [1.82, 2.24) is 24.4 Å². The van der Waals surface area contributed by atoms with Crippen LogP contribution in [0.3, 0.4) is 0 Å². The zero-order valence-electron chi connectivity index (χ0n) is 20.9. The summed E-state index contributed by atoms with van der Waals surface area (Å²) in [6.07, 6.45) is 6.19. The number of aromatic nitrogens is 5. The molecule has 0 spiro atoms. The minimum absolute atomic E-state index is 0.109. The van der Waals surface area contributed by atoms with E-state index < -0.39 is 30.8 Å². The number of anilines is 1. The lowest BCUT2D eigenvalue weighted by Crippen LogP contribution is -2.41. The molecular formula is C24H25BF2N6O4. The lowest BCUT2D eigenvalue weighted by atomic mass is 9.78. The molecular weight excluding hydrogens is 485 g/mol. The molecule has 4 aromatic rings. The molecule has 0 radical (unpaired) electrons. The van der Waals surface area contributed by atoms with Crippen LogP contribution in [0.25, 0.3) is 16.9 Å². The van der Waals surface area contributed by atoms with Gasteiger partial charge in [0.15, 0.2) is 5.65 Å². The van der Waals surface area contributed by atoms with E-state index in [4.69, 9.17) is 14.0 Å². The Hall–Kier alpha value is -3.84. The molecule has 37 heavy (non-hydrogen) atoms. The predicted molar refractivity (Wildman–Crippen MR) is 132 cm³/mol. The van der Waals surface area contributed by atoms with Crippen molar-refractivity contribution in [2.75, 3.05) is 5.32 Å². The number of nitrogens with zero attached hydrogens (tertiary/aromatic N) is 5. The highest BCUT2D eigenvalue weighted by molar-refractivity contribution is 6.62. The minimum atomic E-state index is -3.06. The number of carbonyl (C=O) groups excluding carboxylic acids is 1. The first kappa shape index (κ1) is 24.8. The van der Waals surface area contributed by atoms with Crippen molar-refractivity contribution in [1.29, 1.82) is 0 Å². The van der Waals surface area contributed by atoms with E-state index in [2.05, 4.69) is 20.5 Å². The molecule has 0 saturated carbocycles. The molecule has 5 rings (SSSR count). The number of halogens is 2. The smallest absolute Gasteiger partial charge is 0.434 e. The van der Waals surface area contributed by atoms with Gasteiger partial charge in [0, 0.05) is 31.2 Å². The van der Waals surface area contributed by atoms with E-state index in [9.17, 15) is 13.6 Å². The van der Waals surface area contributed by atoms with E-state index in [0.717, 1.165) is 0 Å². The molecule has 13 heteroatoms. The van der Waals surface area contributed by atoms with Crippen LogP contribution in [0.1, 0.15) is 38.1 Å². The Kier molecular flexibility index (Phi) is 5.99. The van der Waals surface area contributed by atoms with Gasteiger partial charge in [-0.05, 0) is 51.4 Å². The fraction of sp³-hybridized carbons (Fsp3) is 0.333. The van der Waals surface area contributed by atoms with Gasteiger partial charge >= 0.3 is 13.7 Å². The lowest BCUT2D eigenvalue weighted by Gasteiger charge is -2.32. The topological polar surface area (TPSA) is 105 Å². The summed E-state index contributed by atoms with van der Waals surface area (Å²) in [6.45, 7) is 4.62. The van der Waals surface area contributed by atoms with Crippen LogP contribution in [-0.2, 0) is 16.4 Å². The Bertz CT molecular complexity index is 1470. The van der Waals surface area contributed by atoms with E-state index in [0.29, 0.717) is 11.1 Å². The molecule has 1 N–H and O–H groups in total. The predicted octanol–water partition coefficient (Wildman–Crippen LogP) is 3.28. The molecule has 0 atom stereocenters. The SMILES string of the molecule is Cn1cc(NC(=O)c2cnn3cccnc23)c(-c2cc(B3OC(C)(C)C(C)(C)O3)ccc2OC(F)F)n1. The maximum atomic E-state index is 13.3. The molecule has 0 aliphatic carbocycles. The third-order valence-electron chi connectivity index (χ3n) is 6.60. The van der Waals surface area contributed by atoms with Crippen molar-refractivity contribution >= 4 is 29.8 Å². The van der Waals surface area contributed by atoms with Gasteiger partial charge in [-0.15, -0.1) is 0 Å². The van der Waals surface area contributed by atoms with Crippen LogP contribution >= 0.6 is 0 Å². The summed E-state index contributed by atoms with van der Waals surface area (Å²) in [5.41, 5.74) is 0.763. The molecule has 1 amide bonds. The number of carbonyl (C=O) groups is 1. The number of nitrogens with one attached hydrogen (secondary N) is 1. The average molecular weight is 510 g/mol. The van der Waals surface area contributed by atoms with Gasteiger partial charge in [-0.25, -0.2) is 9.50 Å². The number of hydrogen-bond acceptors (Lipinski definition) is 7. The Labute approximate surface area is 211 Å². The third kappa shape index (κ3) is 4.55. The molecule has 1 aliphatic heterocycles. The Morgan fingerprint density at radius 1 is 1.19 bits per heavy atom. The molecule has 10 nitrogen and oxygen atoms in total. The lowest BCUT2D eigenvalue weighted by molar-refractivity contribution is -0.0494. The van der Waals surface area contributed by atoms with Gasteiger partial charge in [-0.2, -0.15) is 19.0 Å². The van der Waals surface area contributed by atoms with Crippen molar-refractivity contribution in [3.63, 3.8) is 0 Å². The van der Waals surface area contributed by atoms with Gasteiger partial charge in [0.2, 0.25) is 0 Å². The Morgan fingerprint density at radius 3 is 2.62 bits per heavy atom. The molecule has 3 aromatic heterocycles. The maximum absolute atomic E-state index is 13.3. The highest BCUT2D eigenvalue weighted by Crippen LogP contribution is 2.38. The second-order valence-electron chi connectivity index (χ2n) is 9.69. The van der Waals surface area contributed by atoms with Crippen LogP contribution in [0.5, 0.6) is 5.75 Å². The standard InChI is InChI=1S/C24H25BF2N6O4/c1-23(2)24(3,4)37-25(36-23)14-7-8-18(35-22(26)27)15(11-14)19-17(13-32(5)31-19)30-21(34)16-12-29-33-10-6-9-28-20(16)33/h6-13,22H,1-5H3,(H,30,34). The third-order valence-corrected chi connectivity index (χ3v) is 6.60. The molecule has 4 heterocycles. The summed E-state index contributed by atoms with van der Waals surface area (Å²) in [4.78, 5) is 17.3. The first-order valence-electron chi connectivity index (χ1n) is 11.5. The molecule has 1 aliphatic rings. The normalized spacial score (nSPS) is 16.5. The summed E-state index contributed by atoms with van der Waals surface area (Å²) >= 11 is 0. The number of fused-ring (bicyclic) bond motifs is 1. The van der Waals surface area contributed by atoms with E-state index in [1.165, 1.54) is 21.5 Å². The number of amides is 1. The molecule has 192 valence electrons. The number of benzene rings is 1. The Morgan fingerprint density at radius 2 is 1.92 bits per heavy atom. The number of alkyl halides is 2.